The molecular weight excluding hydrogens is 290 g/mol. The van der Waals surface area contributed by atoms with E-state index in [1.54, 1.807) is 0 Å². The van der Waals surface area contributed by atoms with Gasteiger partial charge < -0.3 is 14.5 Å². The molecule has 1 amide bonds. The van der Waals surface area contributed by atoms with Gasteiger partial charge in [-0.15, -0.1) is 10.2 Å². The van der Waals surface area contributed by atoms with E-state index in [9.17, 15) is 4.79 Å². The lowest BCUT2D eigenvalue weighted by Crippen LogP contribution is -2.41. The number of aromatic nitrogens is 4. The first-order valence-corrected chi connectivity index (χ1v) is 8.45. The molecule has 2 aromatic rings. The summed E-state index contributed by atoms with van der Waals surface area (Å²) in [6.07, 6.45) is 7.32. The quantitative estimate of drug-likeness (QED) is 0.888. The van der Waals surface area contributed by atoms with Crippen LogP contribution in [-0.2, 0) is 24.3 Å². The molecule has 1 aliphatic rings. The highest BCUT2D eigenvalue weighted by atomic mass is 16.1. The van der Waals surface area contributed by atoms with Crippen LogP contribution in [0.5, 0.6) is 0 Å². The fourth-order valence-electron chi connectivity index (χ4n) is 3.13. The van der Waals surface area contributed by atoms with Gasteiger partial charge >= 0.3 is 0 Å². The van der Waals surface area contributed by atoms with Gasteiger partial charge in [-0.1, -0.05) is 13.8 Å². The number of carbonyl (C=O) groups is 1. The third kappa shape index (κ3) is 3.81. The lowest BCUT2D eigenvalue weighted by molar-refractivity contribution is -0.122. The van der Waals surface area contributed by atoms with E-state index in [1.807, 2.05) is 24.5 Å². The molecule has 124 valence electrons. The Labute approximate surface area is 136 Å². The maximum atomic E-state index is 12.1. The van der Waals surface area contributed by atoms with Crippen LogP contribution in [0.15, 0.2) is 24.5 Å². The van der Waals surface area contributed by atoms with Gasteiger partial charge in [0.15, 0.2) is 0 Å². The molecule has 0 bridgehead atoms. The molecule has 0 radical (unpaired) electrons. The van der Waals surface area contributed by atoms with Crippen molar-refractivity contribution in [1.29, 1.82) is 0 Å². The number of carbonyl (C=O) groups excluding carboxylic acids is 1. The number of hydrogen-bond acceptors (Lipinski definition) is 3. The summed E-state index contributed by atoms with van der Waals surface area (Å²) in [4.78, 5) is 12.1. The van der Waals surface area contributed by atoms with Crippen LogP contribution in [0.4, 0.5) is 0 Å². The number of nitrogens with one attached hydrogen (secondary N) is 1. The second kappa shape index (κ2) is 6.98. The molecule has 2 aromatic heterocycles. The van der Waals surface area contributed by atoms with Crippen LogP contribution in [0, 0.1) is 0 Å². The molecule has 1 atom stereocenters. The van der Waals surface area contributed by atoms with Crippen LogP contribution in [0.1, 0.15) is 50.7 Å². The van der Waals surface area contributed by atoms with Crippen LogP contribution in [0.3, 0.4) is 0 Å². The van der Waals surface area contributed by atoms with Gasteiger partial charge in [0.2, 0.25) is 5.91 Å². The Morgan fingerprint density at radius 2 is 2.13 bits per heavy atom. The molecule has 3 heterocycles. The number of aryl methyl sites for hydroxylation is 2. The van der Waals surface area contributed by atoms with E-state index in [4.69, 9.17) is 0 Å². The van der Waals surface area contributed by atoms with E-state index in [2.05, 4.69) is 38.5 Å². The van der Waals surface area contributed by atoms with E-state index in [0.29, 0.717) is 12.3 Å². The second-order valence-electron chi connectivity index (χ2n) is 6.57. The third-order valence-corrected chi connectivity index (χ3v) is 4.34. The highest BCUT2D eigenvalue weighted by Gasteiger charge is 2.24. The molecule has 0 aromatic carbocycles. The van der Waals surface area contributed by atoms with Gasteiger partial charge in [0.25, 0.3) is 0 Å². The Balaban J connectivity index is 1.48. The van der Waals surface area contributed by atoms with Crippen molar-refractivity contribution in [2.45, 2.75) is 64.6 Å². The van der Waals surface area contributed by atoms with Crippen LogP contribution >= 0.6 is 0 Å². The van der Waals surface area contributed by atoms with Crippen molar-refractivity contribution in [3.8, 4) is 0 Å². The molecule has 0 unspecified atom stereocenters. The van der Waals surface area contributed by atoms with E-state index < -0.39 is 0 Å². The molecule has 3 rings (SSSR count). The first-order valence-electron chi connectivity index (χ1n) is 8.45. The van der Waals surface area contributed by atoms with Crippen molar-refractivity contribution in [1.82, 2.24) is 24.6 Å². The van der Waals surface area contributed by atoms with Gasteiger partial charge in [-0.2, -0.15) is 0 Å². The minimum Gasteiger partial charge on any atom is -0.354 e. The molecule has 1 N–H and O–H groups in total. The Kier molecular flexibility index (Phi) is 4.79. The van der Waals surface area contributed by atoms with Crippen LogP contribution in [0.2, 0.25) is 0 Å². The summed E-state index contributed by atoms with van der Waals surface area (Å²) in [6.45, 7) is 5.93. The summed E-state index contributed by atoms with van der Waals surface area (Å²) in [6, 6.07) is 4.20. The lowest BCUT2D eigenvalue weighted by Gasteiger charge is -2.26. The largest absolute Gasteiger partial charge is 0.354 e. The number of nitrogens with zero attached hydrogens (tertiary/aromatic N) is 4. The van der Waals surface area contributed by atoms with Crippen molar-refractivity contribution in [3.63, 3.8) is 0 Å². The average Bonchev–Trinajstić information content (AvgIpc) is 3.15. The van der Waals surface area contributed by atoms with Gasteiger partial charge in [0, 0.05) is 50.3 Å². The average molecular weight is 315 g/mol. The zero-order valence-electron chi connectivity index (χ0n) is 13.9. The van der Waals surface area contributed by atoms with E-state index >= 15 is 0 Å². The Bertz CT molecular complexity index is 644. The second-order valence-corrected chi connectivity index (χ2v) is 6.57. The van der Waals surface area contributed by atoms with E-state index in [1.165, 1.54) is 0 Å². The summed E-state index contributed by atoms with van der Waals surface area (Å²) in [5.41, 5.74) is 0. The maximum Gasteiger partial charge on any atom is 0.220 e. The predicted octanol–water partition coefficient (Wildman–Crippen LogP) is 2.11. The number of fused-ring (bicyclic) bond motifs is 1. The summed E-state index contributed by atoms with van der Waals surface area (Å²) in [5.74, 6) is 2.57. The summed E-state index contributed by atoms with van der Waals surface area (Å²) >= 11 is 0. The third-order valence-electron chi connectivity index (χ3n) is 4.34. The normalized spacial score (nSPS) is 17.3. The first-order chi connectivity index (χ1) is 11.1. The van der Waals surface area contributed by atoms with E-state index in [-0.39, 0.29) is 11.9 Å². The molecule has 0 aliphatic carbocycles. The maximum absolute atomic E-state index is 12.1. The highest BCUT2D eigenvalue weighted by Crippen LogP contribution is 2.20. The number of amides is 1. The molecule has 0 saturated heterocycles. The van der Waals surface area contributed by atoms with Gasteiger partial charge in [-0.05, 0) is 25.0 Å². The van der Waals surface area contributed by atoms with Crippen LogP contribution < -0.4 is 5.32 Å². The number of rotatable bonds is 6. The fraction of sp³-hybridized carbons (Fsp3) is 0.588. The van der Waals surface area contributed by atoms with Crippen molar-refractivity contribution < 1.29 is 4.79 Å². The molecule has 0 saturated carbocycles. The van der Waals surface area contributed by atoms with Crippen molar-refractivity contribution in [2.24, 2.45) is 0 Å². The highest BCUT2D eigenvalue weighted by molar-refractivity contribution is 5.76. The Morgan fingerprint density at radius 3 is 2.87 bits per heavy atom. The lowest BCUT2D eigenvalue weighted by atomic mass is 10.1. The Hall–Kier alpha value is -2.11. The molecule has 0 spiro atoms. The van der Waals surface area contributed by atoms with Crippen molar-refractivity contribution >= 4 is 5.91 Å². The van der Waals surface area contributed by atoms with Crippen molar-refractivity contribution in [3.05, 3.63) is 36.2 Å². The molecular formula is C17H25N5O. The first kappa shape index (κ1) is 15.8. The molecule has 23 heavy (non-hydrogen) atoms. The zero-order chi connectivity index (χ0) is 16.2. The summed E-state index contributed by atoms with van der Waals surface area (Å²) < 4.78 is 4.28. The fourth-order valence-corrected chi connectivity index (χ4v) is 3.13. The molecule has 6 nitrogen and oxygen atoms in total. The van der Waals surface area contributed by atoms with Gasteiger partial charge in [0.05, 0.1) is 0 Å². The van der Waals surface area contributed by atoms with E-state index in [0.717, 1.165) is 44.0 Å². The standard InChI is InChI=1S/C17H25N5O/c1-13(2)17-20-19-15-8-7-14(12-22(15)17)18-16(23)6-5-11-21-9-3-4-10-21/h3-4,9-10,13-14H,5-8,11-12H2,1-2H3,(H,18,23)/t14-/m1/s1. The van der Waals surface area contributed by atoms with Crippen molar-refractivity contribution in [2.75, 3.05) is 0 Å². The Morgan fingerprint density at radius 1 is 1.35 bits per heavy atom. The molecule has 1 aliphatic heterocycles. The van der Waals surface area contributed by atoms with Gasteiger partial charge in [-0.25, -0.2) is 0 Å². The topological polar surface area (TPSA) is 64.7 Å². The minimum absolute atomic E-state index is 0.143. The summed E-state index contributed by atoms with van der Waals surface area (Å²) in [5, 5.41) is 11.7. The smallest absolute Gasteiger partial charge is 0.220 e. The molecule has 0 fully saturated rings. The zero-order valence-corrected chi connectivity index (χ0v) is 13.9. The minimum atomic E-state index is 0.143. The number of hydrogen-bond donors (Lipinski definition) is 1. The monoisotopic (exact) mass is 315 g/mol. The van der Waals surface area contributed by atoms with Gasteiger partial charge in [-0.3, -0.25) is 4.79 Å². The summed E-state index contributed by atoms with van der Waals surface area (Å²) in [7, 11) is 0. The van der Waals surface area contributed by atoms with Crippen LogP contribution in [0.25, 0.3) is 0 Å². The van der Waals surface area contributed by atoms with Gasteiger partial charge in [0.1, 0.15) is 11.6 Å². The molecule has 6 heteroatoms. The predicted molar refractivity (Wildman–Crippen MR) is 88.0 cm³/mol. The van der Waals surface area contributed by atoms with Crippen LogP contribution in [-0.4, -0.2) is 31.3 Å². The SMILES string of the molecule is CC(C)c1nnc2n1C[C@H](NC(=O)CCCn1cccc1)CC2.